The van der Waals surface area contributed by atoms with Crippen molar-refractivity contribution in [3.05, 3.63) is 46.4 Å². The van der Waals surface area contributed by atoms with Crippen molar-refractivity contribution in [2.45, 2.75) is 25.3 Å². The molecule has 108 valence electrons. The number of aryl methyl sites for hydroxylation is 2. The largest absolute Gasteiger partial charge is 0.444 e. The lowest BCUT2D eigenvalue weighted by Crippen LogP contribution is -2.23. The predicted molar refractivity (Wildman–Crippen MR) is 71.4 cm³/mol. The van der Waals surface area contributed by atoms with Gasteiger partial charge in [0.2, 0.25) is 10.0 Å². The van der Waals surface area contributed by atoms with Crippen molar-refractivity contribution in [1.82, 2.24) is 9.71 Å². The second-order valence-electron chi connectivity index (χ2n) is 4.17. The molecule has 2 aromatic rings. The fraction of sp³-hybridized carbons (Fsp3) is 0.250. The molecule has 5 nitrogen and oxygen atoms in total. The van der Waals surface area contributed by atoms with Crippen LogP contribution in [0.15, 0.2) is 27.5 Å². The minimum Gasteiger partial charge on any atom is -0.444 e. The van der Waals surface area contributed by atoms with Crippen molar-refractivity contribution >= 4 is 21.6 Å². The average Bonchev–Trinajstić information content (AvgIpc) is 2.64. The molecule has 0 atom stereocenters. The lowest BCUT2D eigenvalue weighted by atomic mass is 10.3. The van der Waals surface area contributed by atoms with Crippen molar-refractivity contribution in [3.63, 3.8) is 0 Å². The van der Waals surface area contributed by atoms with Gasteiger partial charge in [0.05, 0.1) is 17.1 Å². The Morgan fingerprint density at radius 2 is 2.05 bits per heavy atom. The molecular weight excluding hydrogens is 307 g/mol. The van der Waals surface area contributed by atoms with Gasteiger partial charge in [0.1, 0.15) is 11.6 Å². The molecule has 1 N–H and O–H groups in total. The van der Waals surface area contributed by atoms with E-state index in [2.05, 4.69) is 9.71 Å². The summed E-state index contributed by atoms with van der Waals surface area (Å²) in [5.41, 5.74) is 0.600. The fourth-order valence-corrected chi connectivity index (χ4v) is 2.99. The zero-order valence-corrected chi connectivity index (χ0v) is 12.3. The fourth-order valence-electron chi connectivity index (χ4n) is 1.67. The van der Waals surface area contributed by atoms with Crippen LogP contribution in [0.4, 0.5) is 4.39 Å². The van der Waals surface area contributed by atoms with E-state index in [1.165, 1.54) is 6.07 Å². The molecule has 0 saturated heterocycles. The Morgan fingerprint density at radius 1 is 1.35 bits per heavy atom. The van der Waals surface area contributed by atoms with Gasteiger partial charge in [0.15, 0.2) is 5.89 Å². The van der Waals surface area contributed by atoms with E-state index in [0.717, 1.165) is 12.1 Å². The normalized spacial score (nSPS) is 11.8. The topological polar surface area (TPSA) is 72.2 Å². The summed E-state index contributed by atoms with van der Waals surface area (Å²) in [6, 6.07) is 3.10. The van der Waals surface area contributed by atoms with Gasteiger partial charge in [0.25, 0.3) is 0 Å². The highest BCUT2D eigenvalue weighted by atomic mass is 35.5. The van der Waals surface area contributed by atoms with Crippen molar-refractivity contribution < 1.29 is 17.2 Å². The highest BCUT2D eigenvalue weighted by molar-refractivity contribution is 7.89. The Labute approximate surface area is 120 Å². The molecule has 0 fully saturated rings. The molecule has 0 amide bonds. The van der Waals surface area contributed by atoms with E-state index in [-0.39, 0.29) is 16.5 Å². The van der Waals surface area contributed by atoms with Gasteiger partial charge in [-0.15, -0.1) is 0 Å². The van der Waals surface area contributed by atoms with Crippen molar-refractivity contribution in [2.75, 3.05) is 0 Å². The predicted octanol–water partition coefficient (Wildman–Crippen LogP) is 2.56. The molecule has 0 unspecified atom stereocenters. The molecule has 0 radical (unpaired) electrons. The monoisotopic (exact) mass is 318 g/mol. The van der Waals surface area contributed by atoms with Crippen LogP contribution in [0.5, 0.6) is 0 Å². The van der Waals surface area contributed by atoms with E-state index in [9.17, 15) is 12.8 Å². The van der Waals surface area contributed by atoms with Gasteiger partial charge in [-0.1, -0.05) is 11.6 Å². The number of hydrogen-bond acceptors (Lipinski definition) is 4. The summed E-state index contributed by atoms with van der Waals surface area (Å²) < 4.78 is 44.8. The molecule has 20 heavy (non-hydrogen) atoms. The van der Waals surface area contributed by atoms with E-state index in [1.807, 2.05) is 0 Å². The number of nitrogens with one attached hydrogen (secondary N) is 1. The van der Waals surface area contributed by atoms with Gasteiger partial charge in [-0.05, 0) is 25.1 Å². The maximum atomic E-state index is 13.2. The number of oxazole rings is 1. The van der Waals surface area contributed by atoms with Crippen molar-refractivity contribution in [3.8, 4) is 0 Å². The maximum Gasteiger partial charge on any atom is 0.241 e. The van der Waals surface area contributed by atoms with Crippen molar-refractivity contribution in [2.24, 2.45) is 0 Å². The molecule has 0 saturated carbocycles. The minimum atomic E-state index is -3.87. The summed E-state index contributed by atoms with van der Waals surface area (Å²) >= 11 is 5.64. The van der Waals surface area contributed by atoms with Crippen LogP contribution in [-0.2, 0) is 16.6 Å². The van der Waals surface area contributed by atoms with E-state index in [1.54, 1.807) is 13.8 Å². The lowest BCUT2D eigenvalue weighted by Gasteiger charge is -2.06. The Morgan fingerprint density at radius 3 is 2.60 bits per heavy atom. The summed E-state index contributed by atoms with van der Waals surface area (Å²) in [5.74, 6) is 0.142. The van der Waals surface area contributed by atoms with Gasteiger partial charge in [0, 0.05) is 11.9 Å². The van der Waals surface area contributed by atoms with Crippen LogP contribution in [0, 0.1) is 19.7 Å². The summed E-state index contributed by atoms with van der Waals surface area (Å²) in [5, 5.41) is 0.0112. The van der Waals surface area contributed by atoms with Gasteiger partial charge in [-0.3, -0.25) is 0 Å². The highest BCUT2D eigenvalue weighted by Crippen LogP contribution is 2.18. The van der Waals surface area contributed by atoms with Gasteiger partial charge in [-0.2, -0.15) is 0 Å². The van der Waals surface area contributed by atoms with Crippen molar-refractivity contribution in [1.29, 1.82) is 0 Å². The Hall–Kier alpha value is -1.44. The van der Waals surface area contributed by atoms with Crippen LogP contribution in [0.1, 0.15) is 17.3 Å². The summed E-state index contributed by atoms with van der Waals surface area (Å²) in [4.78, 5) is 3.79. The van der Waals surface area contributed by atoms with E-state index in [0.29, 0.717) is 17.3 Å². The SMILES string of the molecule is Cc1nc(C)c(CNS(=O)(=O)c2cc(F)cc(Cl)c2)o1. The Bertz CT molecular complexity index is 723. The number of nitrogens with zero attached hydrogens (tertiary/aromatic N) is 1. The van der Waals surface area contributed by atoms with Gasteiger partial charge >= 0.3 is 0 Å². The summed E-state index contributed by atoms with van der Waals surface area (Å²) in [6.45, 7) is 3.31. The number of sulfonamides is 1. The minimum absolute atomic E-state index is 0.0112. The van der Waals surface area contributed by atoms with Crippen LogP contribution in [0.3, 0.4) is 0 Å². The quantitative estimate of drug-likeness (QED) is 0.940. The number of aromatic nitrogens is 1. The molecule has 8 heteroatoms. The molecule has 0 aliphatic carbocycles. The van der Waals surface area contributed by atoms with Gasteiger partial charge in [-0.25, -0.2) is 22.5 Å². The third-order valence-electron chi connectivity index (χ3n) is 2.57. The average molecular weight is 319 g/mol. The molecule has 2 rings (SSSR count). The summed E-state index contributed by atoms with van der Waals surface area (Å²) in [6.07, 6.45) is 0. The van der Waals surface area contributed by atoms with Crippen LogP contribution in [0.25, 0.3) is 0 Å². The Kier molecular flexibility index (Phi) is 4.12. The van der Waals surface area contributed by atoms with Crippen LogP contribution >= 0.6 is 11.6 Å². The first-order chi connectivity index (χ1) is 9.28. The Balaban J connectivity index is 2.21. The van der Waals surface area contributed by atoms with E-state index >= 15 is 0 Å². The number of rotatable bonds is 4. The first kappa shape index (κ1) is 15.0. The molecule has 0 aliphatic heterocycles. The molecule has 1 heterocycles. The highest BCUT2D eigenvalue weighted by Gasteiger charge is 2.17. The molecule has 1 aromatic heterocycles. The first-order valence-electron chi connectivity index (χ1n) is 5.66. The maximum absolute atomic E-state index is 13.2. The van der Waals surface area contributed by atoms with Crippen LogP contribution in [-0.4, -0.2) is 13.4 Å². The molecule has 1 aromatic carbocycles. The summed E-state index contributed by atoms with van der Waals surface area (Å²) in [7, 11) is -3.87. The van der Waals surface area contributed by atoms with E-state index < -0.39 is 15.8 Å². The third kappa shape index (κ3) is 3.36. The zero-order valence-electron chi connectivity index (χ0n) is 10.8. The molecule has 0 spiro atoms. The lowest BCUT2D eigenvalue weighted by molar-refractivity contribution is 0.466. The van der Waals surface area contributed by atoms with Gasteiger partial charge < -0.3 is 4.42 Å². The van der Waals surface area contributed by atoms with E-state index in [4.69, 9.17) is 16.0 Å². The smallest absolute Gasteiger partial charge is 0.241 e. The standard InChI is InChI=1S/C12H12ClFN2O3S/c1-7-12(19-8(2)16-7)6-15-20(17,18)11-4-9(13)3-10(14)5-11/h3-5,15H,6H2,1-2H3. The second-order valence-corrected chi connectivity index (χ2v) is 6.37. The first-order valence-corrected chi connectivity index (χ1v) is 7.53. The number of hydrogen-bond donors (Lipinski definition) is 1. The van der Waals surface area contributed by atoms with Crippen LogP contribution < -0.4 is 4.72 Å². The zero-order chi connectivity index (χ0) is 14.9. The van der Waals surface area contributed by atoms with Crippen LogP contribution in [0.2, 0.25) is 5.02 Å². The molecular formula is C12H12ClFN2O3S. The number of halogens is 2. The third-order valence-corrected chi connectivity index (χ3v) is 4.17. The molecule has 0 aliphatic rings. The second kappa shape index (κ2) is 5.51. The number of benzene rings is 1. The molecule has 0 bridgehead atoms.